The molecular formula is C14H17NO3. The molecule has 1 saturated heterocycles. The Morgan fingerprint density at radius 2 is 1.94 bits per heavy atom. The summed E-state index contributed by atoms with van der Waals surface area (Å²) in [6.07, 6.45) is 0.356. The molecule has 1 aromatic carbocycles. The first-order valence-corrected chi connectivity index (χ1v) is 6.16. The number of amides is 1. The molecule has 1 fully saturated rings. The number of carbonyl (C=O) groups excluding carboxylic acids is 1. The Morgan fingerprint density at radius 3 is 2.50 bits per heavy atom. The third-order valence-electron chi connectivity index (χ3n) is 3.44. The fourth-order valence-electron chi connectivity index (χ4n) is 2.37. The number of piperidine rings is 1. The van der Waals surface area contributed by atoms with Gasteiger partial charge in [0.1, 0.15) is 0 Å². The second kappa shape index (κ2) is 5.21. The van der Waals surface area contributed by atoms with E-state index in [9.17, 15) is 9.59 Å². The highest BCUT2D eigenvalue weighted by molar-refractivity contribution is 5.98. The monoisotopic (exact) mass is 247 g/mol. The molecule has 1 N–H and O–H groups in total. The molecule has 1 aliphatic heterocycles. The number of Topliss-reactive ketones (excluding diaryl/α,β-unsaturated/α-hetero) is 1. The summed E-state index contributed by atoms with van der Waals surface area (Å²) in [7, 11) is 0. The smallest absolute Gasteiger partial charge is 0.407 e. The van der Waals surface area contributed by atoms with E-state index in [1.807, 2.05) is 31.2 Å². The van der Waals surface area contributed by atoms with Crippen LogP contribution in [0.25, 0.3) is 0 Å². The number of carbonyl (C=O) groups is 2. The highest BCUT2D eigenvalue weighted by Gasteiger charge is 2.27. The molecule has 0 spiro atoms. The van der Waals surface area contributed by atoms with Crippen molar-refractivity contribution in [3.63, 3.8) is 0 Å². The quantitative estimate of drug-likeness (QED) is 0.817. The summed E-state index contributed by atoms with van der Waals surface area (Å²) in [6.45, 7) is 2.87. The fraction of sp³-hybridized carbons (Fsp3) is 0.429. The van der Waals surface area contributed by atoms with E-state index in [1.165, 1.54) is 4.90 Å². The number of carboxylic acid groups (broad SMARTS) is 1. The molecule has 18 heavy (non-hydrogen) atoms. The number of hydrogen-bond donors (Lipinski definition) is 1. The van der Waals surface area contributed by atoms with Gasteiger partial charge in [-0.3, -0.25) is 4.79 Å². The Balaban J connectivity index is 2.02. The summed E-state index contributed by atoms with van der Waals surface area (Å²) < 4.78 is 0. The van der Waals surface area contributed by atoms with Gasteiger partial charge < -0.3 is 10.0 Å². The van der Waals surface area contributed by atoms with Gasteiger partial charge in [-0.25, -0.2) is 4.79 Å². The van der Waals surface area contributed by atoms with E-state index in [0.29, 0.717) is 25.9 Å². The molecule has 1 amide bonds. The maximum atomic E-state index is 12.3. The molecule has 0 aliphatic carbocycles. The van der Waals surface area contributed by atoms with Crippen LogP contribution in [-0.2, 0) is 0 Å². The van der Waals surface area contributed by atoms with Crippen molar-refractivity contribution in [1.82, 2.24) is 4.90 Å². The van der Waals surface area contributed by atoms with Gasteiger partial charge in [0.25, 0.3) is 0 Å². The van der Waals surface area contributed by atoms with Gasteiger partial charge in [-0.1, -0.05) is 23.8 Å². The molecule has 0 unspecified atom stereocenters. The van der Waals surface area contributed by atoms with Crippen molar-refractivity contribution < 1.29 is 14.7 Å². The Bertz CT molecular complexity index is 462. The summed E-state index contributed by atoms with van der Waals surface area (Å²) in [4.78, 5) is 24.4. The molecule has 2 rings (SSSR count). The van der Waals surface area contributed by atoms with Crippen LogP contribution in [0.2, 0.25) is 0 Å². The highest BCUT2D eigenvalue weighted by Crippen LogP contribution is 2.22. The van der Waals surface area contributed by atoms with Crippen molar-refractivity contribution in [2.45, 2.75) is 19.8 Å². The number of rotatable bonds is 2. The number of benzene rings is 1. The first-order chi connectivity index (χ1) is 8.58. The second-order valence-electron chi connectivity index (χ2n) is 4.78. The lowest BCUT2D eigenvalue weighted by Gasteiger charge is -2.29. The fourth-order valence-corrected chi connectivity index (χ4v) is 2.37. The number of aryl methyl sites for hydroxylation is 1. The van der Waals surface area contributed by atoms with Crippen LogP contribution in [0.4, 0.5) is 4.79 Å². The van der Waals surface area contributed by atoms with Crippen LogP contribution in [-0.4, -0.2) is 35.0 Å². The van der Waals surface area contributed by atoms with Crippen molar-refractivity contribution >= 4 is 11.9 Å². The SMILES string of the molecule is Cc1cccc(C(=O)C2CCN(C(=O)O)CC2)c1. The van der Waals surface area contributed by atoms with Gasteiger partial charge in [0.2, 0.25) is 0 Å². The molecule has 4 heteroatoms. The molecule has 1 aromatic rings. The predicted molar refractivity (Wildman–Crippen MR) is 67.8 cm³/mol. The third kappa shape index (κ3) is 2.70. The summed E-state index contributed by atoms with van der Waals surface area (Å²) in [6, 6.07) is 7.57. The maximum absolute atomic E-state index is 12.3. The highest BCUT2D eigenvalue weighted by atomic mass is 16.4. The lowest BCUT2D eigenvalue weighted by molar-refractivity contribution is 0.0821. The zero-order valence-electron chi connectivity index (χ0n) is 10.4. The molecule has 0 radical (unpaired) electrons. The van der Waals surface area contributed by atoms with E-state index < -0.39 is 6.09 Å². The number of hydrogen-bond acceptors (Lipinski definition) is 2. The minimum atomic E-state index is -0.892. The van der Waals surface area contributed by atoms with Crippen LogP contribution in [0.5, 0.6) is 0 Å². The largest absolute Gasteiger partial charge is 0.465 e. The number of nitrogens with zero attached hydrogens (tertiary/aromatic N) is 1. The minimum Gasteiger partial charge on any atom is -0.465 e. The zero-order valence-corrected chi connectivity index (χ0v) is 10.4. The second-order valence-corrected chi connectivity index (χ2v) is 4.78. The minimum absolute atomic E-state index is 0.0394. The van der Waals surface area contributed by atoms with Gasteiger partial charge in [0, 0.05) is 24.6 Å². The molecular weight excluding hydrogens is 230 g/mol. The zero-order chi connectivity index (χ0) is 13.1. The van der Waals surface area contributed by atoms with E-state index in [4.69, 9.17) is 5.11 Å². The molecule has 0 aromatic heterocycles. The summed E-state index contributed by atoms with van der Waals surface area (Å²) in [5.74, 6) is 0.103. The van der Waals surface area contributed by atoms with Gasteiger partial charge >= 0.3 is 6.09 Å². The summed E-state index contributed by atoms with van der Waals surface area (Å²) >= 11 is 0. The van der Waals surface area contributed by atoms with Crippen LogP contribution < -0.4 is 0 Å². The Hall–Kier alpha value is -1.84. The van der Waals surface area contributed by atoms with Crippen molar-refractivity contribution in [3.8, 4) is 0 Å². The average Bonchev–Trinajstić information content (AvgIpc) is 2.38. The lowest BCUT2D eigenvalue weighted by atomic mass is 9.88. The van der Waals surface area contributed by atoms with Crippen LogP contribution in [0.1, 0.15) is 28.8 Å². The summed E-state index contributed by atoms with van der Waals surface area (Å²) in [5, 5.41) is 8.86. The van der Waals surface area contributed by atoms with Crippen LogP contribution >= 0.6 is 0 Å². The van der Waals surface area contributed by atoms with Gasteiger partial charge in [0.05, 0.1) is 0 Å². The van der Waals surface area contributed by atoms with Crippen LogP contribution in [0.3, 0.4) is 0 Å². The van der Waals surface area contributed by atoms with Gasteiger partial charge in [-0.2, -0.15) is 0 Å². The van der Waals surface area contributed by atoms with Gasteiger partial charge in [-0.05, 0) is 25.8 Å². The van der Waals surface area contributed by atoms with E-state index in [1.54, 1.807) is 0 Å². The summed E-state index contributed by atoms with van der Waals surface area (Å²) in [5.41, 5.74) is 1.81. The molecule has 1 aliphatic rings. The van der Waals surface area contributed by atoms with E-state index in [0.717, 1.165) is 11.1 Å². The third-order valence-corrected chi connectivity index (χ3v) is 3.44. The van der Waals surface area contributed by atoms with Crippen molar-refractivity contribution in [3.05, 3.63) is 35.4 Å². The number of ketones is 1. The van der Waals surface area contributed by atoms with E-state index in [2.05, 4.69) is 0 Å². The molecule has 4 nitrogen and oxygen atoms in total. The Morgan fingerprint density at radius 1 is 1.28 bits per heavy atom. The normalized spacial score (nSPS) is 16.6. The van der Waals surface area contributed by atoms with Gasteiger partial charge in [0.15, 0.2) is 5.78 Å². The molecule has 96 valence electrons. The van der Waals surface area contributed by atoms with Crippen molar-refractivity contribution in [2.75, 3.05) is 13.1 Å². The maximum Gasteiger partial charge on any atom is 0.407 e. The topological polar surface area (TPSA) is 57.6 Å². The van der Waals surface area contributed by atoms with Crippen molar-refractivity contribution in [2.24, 2.45) is 5.92 Å². The molecule has 1 heterocycles. The van der Waals surface area contributed by atoms with Crippen LogP contribution in [0, 0.1) is 12.8 Å². The van der Waals surface area contributed by atoms with Gasteiger partial charge in [-0.15, -0.1) is 0 Å². The first kappa shape index (κ1) is 12.6. The number of likely N-dealkylation sites (tertiary alicyclic amines) is 1. The van der Waals surface area contributed by atoms with Crippen LogP contribution in [0.15, 0.2) is 24.3 Å². The molecule has 0 bridgehead atoms. The standard InChI is InChI=1S/C14H17NO3/c1-10-3-2-4-12(9-10)13(16)11-5-7-15(8-6-11)14(17)18/h2-4,9,11H,5-8H2,1H3,(H,17,18). The molecule has 0 saturated carbocycles. The van der Waals surface area contributed by atoms with E-state index >= 15 is 0 Å². The van der Waals surface area contributed by atoms with E-state index in [-0.39, 0.29) is 11.7 Å². The first-order valence-electron chi connectivity index (χ1n) is 6.16. The molecule has 0 atom stereocenters. The van der Waals surface area contributed by atoms with Crippen molar-refractivity contribution in [1.29, 1.82) is 0 Å². The average molecular weight is 247 g/mol. The Kier molecular flexibility index (Phi) is 3.65. The predicted octanol–water partition coefficient (Wildman–Crippen LogP) is 2.57. The lowest BCUT2D eigenvalue weighted by Crippen LogP contribution is -2.39. The Labute approximate surface area is 106 Å².